The van der Waals surface area contributed by atoms with Crippen molar-refractivity contribution in [1.82, 2.24) is 0 Å². The lowest BCUT2D eigenvalue weighted by Gasteiger charge is -2.12. The van der Waals surface area contributed by atoms with E-state index >= 15 is 0 Å². The molecule has 2 aromatic rings. The zero-order valence-electron chi connectivity index (χ0n) is 11.0. The van der Waals surface area contributed by atoms with Gasteiger partial charge in [-0.05, 0) is 34.1 Å². The molecule has 20 heavy (non-hydrogen) atoms. The van der Waals surface area contributed by atoms with Crippen LogP contribution in [0.2, 0.25) is 0 Å². The van der Waals surface area contributed by atoms with Crippen molar-refractivity contribution in [3.05, 3.63) is 70.6 Å². The molecule has 1 aliphatic heterocycles. The van der Waals surface area contributed by atoms with Crippen LogP contribution in [0.25, 0.3) is 11.1 Å². The van der Waals surface area contributed by atoms with Crippen molar-refractivity contribution in [2.24, 2.45) is 0 Å². The number of carbonyl (C=O) groups is 1. The number of ketones is 1. The second-order valence-electron chi connectivity index (χ2n) is 5.24. The molecule has 0 radical (unpaired) electrons. The molecule has 0 N–H and O–H groups in total. The van der Waals surface area contributed by atoms with Crippen LogP contribution in [0.5, 0.6) is 0 Å². The third-order valence-corrected chi connectivity index (χ3v) is 5.02. The number of benzene rings is 2. The molecule has 0 fully saturated rings. The smallest absolute Gasteiger partial charge is 0.171 e. The first-order valence-electron chi connectivity index (χ1n) is 6.89. The molecule has 0 unspecified atom stereocenters. The number of carbonyl (C=O) groups excluding carboxylic acids is 1. The molecule has 0 saturated carbocycles. The van der Waals surface area contributed by atoms with E-state index in [9.17, 15) is 4.79 Å². The topological polar surface area (TPSA) is 17.1 Å². The van der Waals surface area contributed by atoms with Crippen LogP contribution in [0.15, 0.2) is 59.5 Å². The van der Waals surface area contributed by atoms with Gasteiger partial charge in [0.2, 0.25) is 0 Å². The first-order chi connectivity index (χ1) is 9.86. The van der Waals surface area contributed by atoms with E-state index in [4.69, 9.17) is 0 Å². The van der Waals surface area contributed by atoms with Gasteiger partial charge in [0.1, 0.15) is 0 Å². The zero-order valence-corrected chi connectivity index (χ0v) is 11.8. The van der Waals surface area contributed by atoms with Gasteiger partial charge in [-0.2, -0.15) is 0 Å². The Morgan fingerprint density at radius 1 is 0.950 bits per heavy atom. The predicted molar refractivity (Wildman–Crippen MR) is 83.9 cm³/mol. The molecule has 0 saturated heterocycles. The second kappa shape index (κ2) is 4.64. The van der Waals surface area contributed by atoms with Crippen LogP contribution in [-0.2, 0) is 4.79 Å². The molecule has 2 aromatic carbocycles. The lowest BCUT2D eigenvalue weighted by atomic mass is 9.88. The van der Waals surface area contributed by atoms with Crippen molar-refractivity contribution in [3.8, 4) is 11.1 Å². The number of rotatable bonds is 2. The third kappa shape index (κ3) is 1.68. The van der Waals surface area contributed by atoms with Gasteiger partial charge in [-0.3, -0.25) is 4.79 Å². The van der Waals surface area contributed by atoms with E-state index in [1.54, 1.807) is 11.8 Å². The molecule has 0 aromatic heterocycles. The average Bonchev–Trinajstić information content (AvgIpc) is 3.13. The van der Waals surface area contributed by atoms with E-state index in [1.165, 1.54) is 11.1 Å². The summed E-state index contributed by atoms with van der Waals surface area (Å²) in [5.74, 6) is 1.22. The Hall–Kier alpha value is -1.80. The van der Waals surface area contributed by atoms with Crippen LogP contribution in [0.3, 0.4) is 0 Å². The molecule has 0 spiro atoms. The normalized spacial score (nSPS) is 16.7. The van der Waals surface area contributed by atoms with E-state index in [-0.39, 0.29) is 11.7 Å². The summed E-state index contributed by atoms with van der Waals surface area (Å²) in [6, 6.07) is 16.6. The summed E-state index contributed by atoms with van der Waals surface area (Å²) < 4.78 is 0. The molecule has 4 rings (SSSR count). The largest absolute Gasteiger partial charge is 0.293 e. The van der Waals surface area contributed by atoms with Crippen molar-refractivity contribution in [1.29, 1.82) is 0 Å². The molecule has 0 atom stereocenters. The molecule has 1 heterocycles. The summed E-state index contributed by atoms with van der Waals surface area (Å²) in [7, 11) is 0. The highest BCUT2D eigenvalue weighted by molar-refractivity contribution is 8.02. The molecular weight excluding hydrogens is 264 g/mol. The van der Waals surface area contributed by atoms with Gasteiger partial charge in [-0.25, -0.2) is 0 Å². The summed E-state index contributed by atoms with van der Waals surface area (Å²) in [6.45, 7) is 0. The summed E-state index contributed by atoms with van der Waals surface area (Å²) in [5.41, 5.74) is 5.75. The number of thioether (sulfide) groups is 1. The van der Waals surface area contributed by atoms with Crippen LogP contribution >= 0.6 is 11.8 Å². The Morgan fingerprint density at radius 2 is 1.55 bits per heavy atom. The monoisotopic (exact) mass is 278 g/mol. The van der Waals surface area contributed by atoms with E-state index < -0.39 is 0 Å². The Kier molecular flexibility index (Phi) is 2.78. The zero-order chi connectivity index (χ0) is 13.5. The summed E-state index contributed by atoms with van der Waals surface area (Å²) in [4.78, 5) is 12.9. The molecular formula is C18H14OS. The minimum absolute atomic E-state index is 0.104. The van der Waals surface area contributed by atoms with Gasteiger partial charge in [0.25, 0.3) is 0 Å². The summed E-state index contributed by atoms with van der Waals surface area (Å²) >= 11 is 1.75. The highest BCUT2D eigenvalue weighted by Gasteiger charge is 2.34. The van der Waals surface area contributed by atoms with Gasteiger partial charge in [-0.15, -0.1) is 11.8 Å². The van der Waals surface area contributed by atoms with Crippen LogP contribution < -0.4 is 0 Å². The van der Waals surface area contributed by atoms with Gasteiger partial charge in [0.15, 0.2) is 5.78 Å². The number of fused-ring (bicyclic) bond motifs is 3. The molecule has 1 aliphatic carbocycles. The van der Waals surface area contributed by atoms with Crippen molar-refractivity contribution >= 4 is 17.5 Å². The maximum atomic E-state index is 12.9. The van der Waals surface area contributed by atoms with Crippen molar-refractivity contribution < 1.29 is 4.79 Å². The van der Waals surface area contributed by atoms with Crippen LogP contribution in [0.4, 0.5) is 0 Å². The molecule has 2 heteroatoms. The van der Waals surface area contributed by atoms with Crippen LogP contribution in [0, 0.1) is 0 Å². The van der Waals surface area contributed by atoms with Crippen molar-refractivity contribution in [3.63, 3.8) is 0 Å². The highest BCUT2D eigenvalue weighted by Crippen LogP contribution is 2.46. The summed E-state index contributed by atoms with van der Waals surface area (Å²) in [6.07, 6.45) is 0.907. The number of allylic oxidation sites excluding steroid dienone is 1. The Balaban J connectivity index is 1.89. The fourth-order valence-corrected chi connectivity index (χ4v) is 4.08. The minimum atomic E-state index is -0.104. The van der Waals surface area contributed by atoms with Gasteiger partial charge in [0.05, 0.1) is 5.92 Å². The Morgan fingerprint density at radius 3 is 2.10 bits per heavy atom. The lowest BCUT2D eigenvalue weighted by Crippen LogP contribution is -2.13. The van der Waals surface area contributed by atoms with E-state index in [2.05, 4.69) is 24.3 Å². The van der Waals surface area contributed by atoms with Gasteiger partial charge in [-0.1, -0.05) is 48.5 Å². The van der Waals surface area contributed by atoms with E-state index in [0.29, 0.717) is 0 Å². The lowest BCUT2D eigenvalue weighted by molar-refractivity contribution is -0.116. The van der Waals surface area contributed by atoms with Gasteiger partial charge < -0.3 is 0 Å². The number of Topliss-reactive ketones (excluding diaryl/α,β-unsaturated/α-hetero) is 1. The minimum Gasteiger partial charge on any atom is -0.293 e. The van der Waals surface area contributed by atoms with Gasteiger partial charge >= 0.3 is 0 Å². The third-order valence-electron chi connectivity index (χ3n) is 4.13. The van der Waals surface area contributed by atoms with Crippen molar-refractivity contribution in [2.45, 2.75) is 12.3 Å². The number of hydrogen-bond acceptors (Lipinski definition) is 2. The quantitative estimate of drug-likeness (QED) is 0.810. The molecule has 0 bridgehead atoms. The molecule has 98 valence electrons. The van der Waals surface area contributed by atoms with Crippen LogP contribution in [-0.4, -0.2) is 11.5 Å². The van der Waals surface area contributed by atoms with Gasteiger partial charge in [0, 0.05) is 11.3 Å². The first-order valence-corrected chi connectivity index (χ1v) is 7.94. The first kappa shape index (κ1) is 12.0. The van der Waals surface area contributed by atoms with Crippen molar-refractivity contribution in [2.75, 3.05) is 5.75 Å². The van der Waals surface area contributed by atoms with Crippen LogP contribution in [0.1, 0.15) is 23.5 Å². The SMILES string of the molecule is O=C(C1=CSCC1)C1c2ccccc2-c2ccccc21. The molecule has 2 aliphatic rings. The van der Waals surface area contributed by atoms with E-state index in [0.717, 1.165) is 28.9 Å². The fraction of sp³-hybridized carbons (Fsp3) is 0.167. The predicted octanol–water partition coefficient (Wildman–Crippen LogP) is 4.39. The van der Waals surface area contributed by atoms with E-state index in [1.807, 2.05) is 29.7 Å². The highest BCUT2D eigenvalue weighted by atomic mass is 32.2. The Bertz CT molecular complexity index is 684. The standard InChI is InChI=1S/C18H14OS/c19-18(12-9-10-20-11-12)17-15-7-3-1-5-13(15)14-6-2-4-8-16(14)17/h1-8,11,17H,9-10H2. The molecule has 1 nitrogen and oxygen atoms in total. The average molecular weight is 278 g/mol. The second-order valence-corrected chi connectivity index (χ2v) is 6.21. The summed E-state index contributed by atoms with van der Waals surface area (Å²) in [5, 5.41) is 2.05. The maximum absolute atomic E-state index is 12.9. The fourth-order valence-electron chi connectivity index (χ4n) is 3.19. The Labute approximate surface area is 122 Å². The maximum Gasteiger partial charge on any atom is 0.171 e. The molecule has 0 amide bonds. The number of hydrogen-bond donors (Lipinski definition) is 0.